The summed E-state index contributed by atoms with van der Waals surface area (Å²) in [6.45, 7) is 5.55. The number of hydrogen-bond acceptors (Lipinski definition) is 4. The maximum Gasteiger partial charge on any atom is 0.240 e. The van der Waals surface area contributed by atoms with Crippen molar-refractivity contribution in [1.29, 1.82) is 0 Å². The molecule has 0 aliphatic heterocycles. The highest BCUT2D eigenvalue weighted by Gasteiger charge is 2.16. The lowest BCUT2D eigenvalue weighted by molar-refractivity contribution is 0.203. The lowest BCUT2D eigenvalue weighted by atomic mass is 10.2. The van der Waals surface area contributed by atoms with Crippen molar-refractivity contribution in [3.8, 4) is 0 Å². The van der Waals surface area contributed by atoms with Crippen molar-refractivity contribution in [2.45, 2.75) is 18.7 Å². The average Bonchev–Trinajstić information content (AvgIpc) is 2.52. The normalized spacial score (nSPS) is 12.3. The Morgan fingerprint density at radius 1 is 1.17 bits per heavy atom. The highest BCUT2D eigenvalue weighted by Crippen LogP contribution is 2.16. The van der Waals surface area contributed by atoms with Crippen LogP contribution in [0.1, 0.15) is 11.1 Å². The van der Waals surface area contributed by atoms with Crippen molar-refractivity contribution in [1.82, 2.24) is 15.4 Å². The van der Waals surface area contributed by atoms with Crippen molar-refractivity contribution in [2.24, 2.45) is 4.99 Å². The second-order valence-electron chi connectivity index (χ2n) is 5.09. The van der Waals surface area contributed by atoms with Crippen LogP contribution >= 0.6 is 0 Å². The van der Waals surface area contributed by atoms with Gasteiger partial charge in [-0.25, -0.2) is 13.1 Å². The van der Waals surface area contributed by atoms with E-state index in [1.54, 1.807) is 27.1 Å². The number of benzene rings is 1. The van der Waals surface area contributed by atoms with Gasteiger partial charge in [0.1, 0.15) is 0 Å². The predicted molar refractivity (Wildman–Crippen MR) is 92.3 cm³/mol. The van der Waals surface area contributed by atoms with E-state index in [0.29, 0.717) is 30.6 Å². The van der Waals surface area contributed by atoms with Gasteiger partial charge in [-0.2, -0.15) is 0 Å². The van der Waals surface area contributed by atoms with Crippen LogP contribution in [0.2, 0.25) is 0 Å². The molecule has 23 heavy (non-hydrogen) atoms. The van der Waals surface area contributed by atoms with Crippen molar-refractivity contribution >= 4 is 16.0 Å². The Morgan fingerprint density at radius 3 is 2.52 bits per heavy atom. The SMILES string of the molecule is CN=C(NCCNS(=O)(=O)c1cc(C)ccc1C)NCCOC. The largest absolute Gasteiger partial charge is 0.383 e. The van der Waals surface area contributed by atoms with Crippen LogP contribution in [-0.2, 0) is 14.8 Å². The topological polar surface area (TPSA) is 91.8 Å². The number of aryl methyl sites for hydroxylation is 2. The van der Waals surface area contributed by atoms with Gasteiger partial charge in [0.15, 0.2) is 5.96 Å². The van der Waals surface area contributed by atoms with Crippen LogP contribution in [0.25, 0.3) is 0 Å². The molecule has 7 nitrogen and oxygen atoms in total. The van der Waals surface area contributed by atoms with Gasteiger partial charge in [0.05, 0.1) is 11.5 Å². The van der Waals surface area contributed by atoms with Gasteiger partial charge in [-0.05, 0) is 31.0 Å². The Hall–Kier alpha value is -1.64. The number of methoxy groups -OCH3 is 1. The Kier molecular flexibility index (Phi) is 8.01. The van der Waals surface area contributed by atoms with Gasteiger partial charge in [0.2, 0.25) is 10.0 Å². The monoisotopic (exact) mass is 342 g/mol. The molecule has 1 aromatic rings. The van der Waals surface area contributed by atoms with Crippen LogP contribution in [0.5, 0.6) is 0 Å². The molecule has 1 aromatic carbocycles. The summed E-state index contributed by atoms with van der Waals surface area (Å²) in [4.78, 5) is 4.36. The molecule has 0 atom stereocenters. The first-order valence-corrected chi connectivity index (χ1v) is 8.89. The minimum Gasteiger partial charge on any atom is -0.383 e. The van der Waals surface area contributed by atoms with Gasteiger partial charge >= 0.3 is 0 Å². The van der Waals surface area contributed by atoms with E-state index in [4.69, 9.17) is 4.74 Å². The molecule has 0 amide bonds. The second kappa shape index (κ2) is 9.49. The lowest BCUT2D eigenvalue weighted by Gasteiger charge is -2.13. The first-order chi connectivity index (χ1) is 10.9. The second-order valence-corrected chi connectivity index (χ2v) is 6.82. The van der Waals surface area contributed by atoms with Gasteiger partial charge in [0, 0.05) is 33.8 Å². The zero-order chi connectivity index (χ0) is 17.3. The fourth-order valence-corrected chi connectivity index (χ4v) is 3.29. The van der Waals surface area contributed by atoms with Gasteiger partial charge in [-0.15, -0.1) is 0 Å². The quantitative estimate of drug-likeness (QED) is 0.361. The Bertz CT molecular complexity index is 630. The van der Waals surface area contributed by atoms with Gasteiger partial charge in [-0.3, -0.25) is 4.99 Å². The van der Waals surface area contributed by atoms with Gasteiger partial charge in [-0.1, -0.05) is 12.1 Å². The number of nitrogens with one attached hydrogen (secondary N) is 3. The van der Waals surface area contributed by atoms with Crippen molar-refractivity contribution in [3.63, 3.8) is 0 Å². The molecule has 130 valence electrons. The minimum atomic E-state index is -3.51. The molecular formula is C15H26N4O3S. The highest BCUT2D eigenvalue weighted by atomic mass is 32.2. The number of aliphatic imine (C=N–C) groups is 1. The molecule has 0 fully saturated rings. The number of nitrogens with zero attached hydrogens (tertiary/aromatic N) is 1. The number of ether oxygens (including phenoxy) is 1. The number of hydrogen-bond donors (Lipinski definition) is 3. The number of rotatable bonds is 8. The van der Waals surface area contributed by atoms with E-state index in [-0.39, 0.29) is 6.54 Å². The van der Waals surface area contributed by atoms with E-state index in [2.05, 4.69) is 20.3 Å². The Morgan fingerprint density at radius 2 is 1.87 bits per heavy atom. The maximum absolute atomic E-state index is 12.3. The molecule has 8 heteroatoms. The molecule has 0 saturated carbocycles. The first kappa shape index (κ1) is 19.4. The van der Waals surface area contributed by atoms with Gasteiger partial charge < -0.3 is 15.4 Å². The Balaban J connectivity index is 2.49. The van der Waals surface area contributed by atoms with E-state index in [9.17, 15) is 8.42 Å². The molecule has 0 radical (unpaired) electrons. The summed E-state index contributed by atoms with van der Waals surface area (Å²) in [5.41, 5.74) is 1.64. The van der Waals surface area contributed by atoms with Crippen molar-refractivity contribution in [2.75, 3.05) is 40.4 Å². The average molecular weight is 342 g/mol. The molecule has 1 rings (SSSR count). The van der Waals surface area contributed by atoms with Crippen LogP contribution in [0.4, 0.5) is 0 Å². The summed E-state index contributed by atoms with van der Waals surface area (Å²) >= 11 is 0. The minimum absolute atomic E-state index is 0.265. The van der Waals surface area contributed by atoms with Crippen LogP contribution in [0.15, 0.2) is 28.1 Å². The predicted octanol–water partition coefficient (Wildman–Crippen LogP) is 0.393. The molecular weight excluding hydrogens is 316 g/mol. The number of guanidine groups is 1. The molecule has 0 heterocycles. The van der Waals surface area contributed by atoms with E-state index < -0.39 is 10.0 Å². The van der Waals surface area contributed by atoms with E-state index in [0.717, 1.165) is 11.1 Å². The molecule has 0 bridgehead atoms. The van der Waals surface area contributed by atoms with Crippen LogP contribution in [0, 0.1) is 13.8 Å². The highest BCUT2D eigenvalue weighted by molar-refractivity contribution is 7.89. The first-order valence-electron chi connectivity index (χ1n) is 7.41. The Labute approximate surface area is 138 Å². The van der Waals surface area contributed by atoms with E-state index >= 15 is 0 Å². The molecule has 0 spiro atoms. The summed E-state index contributed by atoms with van der Waals surface area (Å²) in [6, 6.07) is 5.38. The third-order valence-corrected chi connectivity index (χ3v) is 4.77. The lowest BCUT2D eigenvalue weighted by Crippen LogP contribution is -2.42. The van der Waals surface area contributed by atoms with Crippen molar-refractivity contribution in [3.05, 3.63) is 29.3 Å². The van der Waals surface area contributed by atoms with E-state index in [1.165, 1.54) is 0 Å². The molecule has 0 aliphatic rings. The summed E-state index contributed by atoms with van der Waals surface area (Å²) in [7, 11) is -0.229. The molecule has 0 unspecified atom stereocenters. The van der Waals surface area contributed by atoms with Crippen LogP contribution in [-0.4, -0.2) is 54.8 Å². The summed E-state index contributed by atoms with van der Waals surface area (Å²) in [6.07, 6.45) is 0. The van der Waals surface area contributed by atoms with Crippen LogP contribution in [0.3, 0.4) is 0 Å². The fourth-order valence-electron chi connectivity index (χ4n) is 1.93. The molecule has 3 N–H and O–H groups in total. The smallest absolute Gasteiger partial charge is 0.240 e. The van der Waals surface area contributed by atoms with Crippen molar-refractivity contribution < 1.29 is 13.2 Å². The number of sulfonamides is 1. The van der Waals surface area contributed by atoms with E-state index in [1.807, 2.05) is 19.1 Å². The zero-order valence-corrected chi connectivity index (χ0v) is 15.0. The third-order valence-electron chi connectivity index (χ3n) is 3.16. The summed E-state index contributed by atoms with van der Waals surface area (Å²) < 4.78 is 32.2. The zero-order valence-electron chi connectivity index (χ0n) is 14.1. The molecule has 0 aliphatic carbocycles. The molecule has 0 saturated heterocycles. The van der Waals surface area contributed by atoms with Gasteiger partial charge in [0.25, 0.3) is 0 Å². The summed E-state index contributed by atoms with van der Waals surface area (Å²) in [5, 5.41) is 6.09. The third kappa shape index (κ3) is 6.55. The summed E-state index contributed by atoms with van der Waals surface area (Å²) in [5.74, 6) is 0.605. The standard InChI is InChI=1S/C15H26N4O3S/c1-12-5-6-13(2)14(11-12)23(20,21)19-8-7-17-15(16-3)18-9-10-22-4/h5-6,11,19H,7-10H2,1-4H3,(H2,16,17,18). The van der Waals surface area contributed by atoms with Crippen LogP contribution < -0.4 is 15.4 Å². The fraction of sp³-hybridized carbons (Fsp3) is 0.533. The molecule has 0 aromatic heterocycles. The maximum atomic E-state index is 12.3.